The predicted molar refractivity (Wildman–Crippen MR) is 92.9 cm³/mol. The molecule has 8 nitrogen and oxygen atoms in total. The van der Waals surface area contributed by atoms with Crippen molar-refractivity contribution in [3.8, 4) is 0 Å². The van der Waals surface area contributed by atoms with Crippen molar-refractivity contribution in [2.24, 2.45) is 0 Å². The minimum atomic E-state index is -0.703. The number of hydrogen-bond acceptors (Lipinski definition) is 5. The minimum absolute atomic E-state index is 0.0558. The molecule has 0 bridgehead atoms. The van der Waals surface area contributed by atoms with Gasteiger partial charge in [0, 0.05) is 24.4 Å². The highest BCUT2D eigenvalue weighted by Crippen LogP contribution is 2.27. The summed E-state index contributed by atoms with van der Waals surface area (Å²) in [5.41, 5.74) is 0.390. The molecule has 0 saturated carbocycles. The highest BCUT2D eigenvalue weighted by Gasteiger charge is 2.38. The van der Waals surface area contributed by atoms with Gasteiger partial charge in [0.05, 0.1) is 16.1 Å². The van der Waals surface area contributed by atoms with E-state index in [-0.39, 0.29) is 16.8 Å². The van der Waals surface area contributed by atoms with Crippen LogP contribution in [0.4, 0.5) is 11.4 Å². The van der Waals surface area contributed by atoms with Crippen molar-refractivity contribution in [1.29, 1.82) is 0 Å². The molecule has 0 radical (unpaired) electrons. The Labute approximate surface area is 148 Å². The van der Waals surface area contributed by atoms with Gasteiger partial charge in [0.15, 0.2) is 0 Å². The molecule has 2 aromatic carbocycles. The van der Waals surface area contributed by atoms with Crippen LogP contribution >= 0.6 is 0 Å². The van der Waals surface area contributed by atoms with E-state index < -0.39 is 29.2 Å². The summed E-state index contributed by atoms with van der Waals surface area (Å²) in [6.45, 7) is 1.73. The molecule has 0 aliphatic carbocycles. The standard InChI is InChI=1S/C18H15N3O5/c1-2-19(12-6-4-3-5-7-12)16(22)11-20-17(23)14-9-8-13(21(25)26)10-15(14)18(20)24/h3-10H,2,11H2,1H3. The van der Waals surface area contributed by atoms with E-state index in [0.717, 1.165) is 17.0 Å². The average Bonchev–Trinajstić information content (AvgIpc) is 2.87. The second-order valence-corrected chi connectivity index (χ2v) is 5.66. The number of nitro groups is 1. The summed E-state index contributed by atoms with van der Waals surface area (Å²) in [7, 11) is 0. The molecule has 0 unspecified atom stereocenters. The van der Waals surface area contributed by atoms with Crippen LogP contribution in [0.5, 0.6) is 0 Å². The lowest BCUT2D eigenvalue weighted by atomic mass is 10.1. The molecule has 1 aliphatic rings. The SMILES string of the molecule is CCN(C(=O)CN1C(=O)c2ccc([N+](=O)[O-])cc2C1=O)c1ccccc1. The Hall–Kier alpha value is -3.55. The maximum absolute atomic E-state index is 12.6. The number of fused-ring (bicyclic) bond motifs is 1. The van der Waals surface area contributed by atoms with Crippen LogP contribution in [0, 0.1) is 10.1 Å². The van der Waals surface area contributed by atoms with Gasteiger partial charge in [-0.1, -0.05) is 18.2 Å². The molecule has 0 spiro atoms. The van der Waals surface area contributed by atoms with Gasteiger partial charge < -0.3 is 4.90 Å². The van der Waals surface area contributed by atoms with Crippen LogP contribution < -0.4 is 4.90 Å². The smallest absolute Gasteiger partial charge is 0.270 e. The number of likely N-dealkylation sites (N-methyl/N-ethyl adjacent to an activating group) is 1. The zero-order valence-corrected chi connectivity index (χ0v) is 13.9. The first-order valence-corrected chi connectivity index (χ1v) is 7.94. The zero-order chi connectivity index (χ0) is 18.8. The molecule has 0 fully saturated rings. The Morgan fingerprint density at radius 2 is 1.73 bits per heavy atom. The lowest BCUT2D eigenvalue weighted by molar-refractivity contribution is -0.384. The second-order valence-electron chi connectivity index (χ2n) is 5.66. The van der Waals surface area contributed by atoms with E-state index >= 15 is 0 Å². The summed E-state index contributed by atoms with van der Waals surface area (Å²) < 4.78 is 0. The first-order chi connectivity index (χ1) is 12.4. The van der Waals surface area contributed by atoms with Gasteiger partial charge >= 0.3 is 0 Å². The maximum atomic E-state index is 12.6. The van der Waals surface area contributed by atoms with Crippen LogP contribution in [0.2, 0.25) is 0 Å². The molecule has 0 atom stereocenters. The topological polar surface area (TPSA) is 101 Å². The van der Waals surface area contributed by atoms with E-state index in [0.29, 0.717) is 12.2 Å². The number of para-hydroxylation sites is 1. The lowest BCUT2D eigenvalue weighted by Crippen LogP contribution is -2.42. The van der Waals surface area contributed by atoms with Gasteiger partial charge in [-0.25, -0.2) is 0 Å². The van der Waals surface area contributed by atoms with Crippen LogP contribution in [-0.2, 0) is 4.79 Å². The van der Waals surface area contributed by atoms with Crippen molar-refractivity contribution in [1.82, 2.24) is 4.90 Å². The molecule has 0 aromatic heterocycles. The van der Waals surface area contributed by atoms with Crippen molar-refractivity contribution < 1.29 is 19.3 Å². The molecule has 2 aromatic rings. The Kier molecular flexibility index (Phi) is 4.49. The van der Waals surface area contributed by atoms with Crippen LogP contribution in [-0.4, -0.2) is 40.6 Å². The van der Waals surface area contributed by atoms with E-state index in [9.17, 15) is 24.5 Å². The summed E-state index contributed by atoms with van der Waals surface area (Å²) in [4.78, 5) is 50.0. The fraction of sp³-hybridized carbons (Fsp3) is 0.167. The van der Waals surface area contributed by atoms with Gasteiger partial charge in [0.2, 0.25) is 5.91 Å². The van der Waals surface area contributed by atoms with Gasteiger partial charge in [-0.2, -0.15) is 0 Å². The number of non-ortho nitro benzene ring substituents is 1. The number of anilines is 1. The molecular formula is C18H15N3O5. The first kappa shape index (κ1) is 17.3. The number of nitro benzene ring substituents is 1. The van der Waals surface area contributed by atoms with Crippen LogP contribution in [0.15, 0.2) is 48.5 Å². The molecule has 0 N–H and O–H groups in total. The lowest BCUT2D eigenvalue weighted by Gasteiger charge is -2.23. The molecule has 132 valence electrons. The first-order valence-electron chi connectivity index (χ1n) is 7.94. The van der Waals surface area contributed by atoms with Gasteiger partial charge in [-0.05, 0) is 25.1 Å². The monoisotopic (exact) mass is 353 g/mol. The van der Waals surface area contributed by atoms with Gasteiger partial charge in [0.25, 0.3) is 17.5 Å². The Balaban J connectivity index is 1.84. The quantitative estimate of drug-likeness (QED) is 0.466. The fourth-order valence-electron chi connectivity index (χ4n) is 2.87. The Morgan fingerprint density at radius 1 is 1.08 bits per heavy atom. The normalized spacial score (nSPS) is 12.9. The van der Waals surface area contributed by atoms with Crippen molar-refractivity contribution in [3.63, 3.8) is 0 Å². The highest BCUT2D eigenvalue weighted by atomic mass is 16.6. The summed E-state index contributed by atoms with van der Waals surface area (Å²) in [5.74, 6) is -1.74. The second kappa shape index (κ2) is 6.75. The zero-order valence-electron chi connectivity index (χ0n) is 13.9. The van der Waals surface area contributed by atoms with Crippen LogP contribution in [0.25, 0.3) is 0 Å². The largest absolute Gasteiger partial charge is 0.311 e. The van der Waals surface area contributed by atoms with Crippen molar-refractivity contribution >= 4 is 29.1 Å². The highest BCUT2D eigenvalue weighted by molar-refractivity contribution is 6.23. The molecule has 0 saturated heterocycles. The summed E-state index contributed by atoms with van der Waals surface area (Å²) in [5, 5.41) is 10.9. The van der Waals surface area contributed by atoms with Crippen molar-refractivity contribution in [3.05, 3.63) is 69.8 Å². The van der Waals surface area contributed by atoms with Gasteiger partial charge in [0.1, 0.15) is 6.54 Å². The van der Waals surface area contributed by atoms with Crippen LogP contribution in [0.3, 0.4) is 0 Å². The minimum Gasteiger partial charge on any atom is -0.311 e. The average molecular weight is 353 g/mol. The molecule has 3 amide bonds. The number of rotatable bonds is 5. The summed E-state index contributed by atoms with van der Waals surface area (Å²) in [6.07, 6.45) is 0. The van der Waals surface area contributed by atoms with Gasteiger partial charge in [-0.3, -0.25) is 29.4 Å². The predicted octanol–water partition coefficient (Wildman–Crippen LogP) is 2.24. The third-order valence-corrected chi connectivity index (χ3v) is 4.14. The Bertz CT molecular complexity index is 910. The number of amides is 3. The van der Waals surface area contributed by atoms with E-state index in [2.05, 4.69) is 0 Å². The third kappa shape index (κ3) is 2.92. The van der Waals surface area contributed by atoms with E-state index in [1.54, 1.807) is 31.2 Å². The molecule has 1 heterocycles. The molecule has 3 rings (SSSR count). The molecular weight excluding hydrogens is 338 g/mol. The number of nitrogens with zero attached hydrogens (tertiary/aromatic N) is 3. The maximum Gasteiger partial charge on any atom is 0.270 e. The van der Waals surface area contributed by atoms with E-state index in [4.69, 9.17) is 0 Å². The molecule has 8 heteroatoms. The van der Waals surface area contributed by atoms with Crippen molar-refractivity contribution in [2.45, 2.75) is 6.92 Å². The van der Waals surface area contributed by atoms with E-state index in [1.807, 2.05) is 6.07 Å². The summed E-state index contributed by atoms with van der Waals surface area (Å²) >= 11 is 0. The number of carbonyl (C=O) groups excluding carboxylic acids is 3. The summed E-state index contributed by atoms with van der Waals surface area (Å²) in [6, 6.07) is 12.4. The Morgan fingerprint density at radius 3 is 2.35 bits per heavy atom. The molecule has 1 aliphatic heterocycles. The van der Waals surface area contributed by atoms with E-state index in [1.165, 1.54) is 11.0 Å². The number of imide groups is 1. The van der Waals surface area contributed by atoms with Crippen LogP contribution in [0.1, 0.15) is 27.6 Å². The number of carbonyl (C=O) groups is 3. The third-order valence-electron chi connectivity index (χ3n) is 4.14. The number of benzene rings is 2. The van der Waals surface area contributed by atoms with Crippen molar-refractivity contribution in [2.75, 3.05) is 18.0 Å². The molecule has 26 heavy (non-hydrogen) atoms. The fourth-order valence-corrected chi connectivity index (χ4v) is 2.87. The van der Waals surface area contributed by atoms with Gasteiger partial charge in [-0.15, -0.1) is 0 Å². The number of hydrogen-bond donors (Lipinski definition) is 0.